The highest BCUT2D eigenvalue weighted by molar-refractivity contribution is 6.31. The van der Waals surface area contributed by atoms with Crippen molar-refractivity contribution in [2.75, 3.05) is 19.9 Å². The molecule has 0 radical (unpaired) electrons. The van der Waals surface area contributed by atoms with Crippen molar-refractivity contribution in [1.29, 1.82) is 0 Å². The van der Waals surface area contributed by atoms with Crippen molar-refractivity contribution in [2.45, 2.75) is 51.1 Å². The van der Waals surface area contributed by atoms with Gasteiger partial charge in [0.2, 0.25) is 12.7 Å². The van der Waals surface area contributed by atoms with Gasteiger partial charge in [-0.15, -0.1) is 0 Å². The second-order valence-electron chi connectivity index (χ2n) is 9.75. The second-order valence-corrected chi connectivity index (χ2v) is 10.2. The number of allylic oxidation sites excluding steroid dienone is 2. The minimum Gasteiger partial charge on any atom is -0.454 e. The van der Waals surface area contributed by atoms with E-state index >= 15 is 0 Å². The van der Waals surface area contributed by atoms with Gasteiger partial charge in [-0.05, 0) is 73.4 Å². The van der Waals surface area contributed by atoms with E-state index in [0.717, 1.165) is 49.1 Å². The van der Waals surface area contributed by atoms with Gasteiger partial charge in [0.1, 0.15) is 0 Å². The van der Waals surface area contributed by atoms with E-state index in [1.165, 1.54) is 19.3 Å². The number of hydrogen-bond acceptors (Lipinski definition) is 4. The van der Waals surface area contributed by atoms with Gasteiger partial charge in [-0.2, -0.15) is 0 Å². The van der Waals surface area contributed by atoms with E-state index < -0.39 is 0 Å². The standard InChI is InChI=1S/C24H29ClN2O3/c25-20-11-22-21(29-14-30-22)10-15(20)12-26-8-5-18-2-4-23(28)27(18)13-16-9-17-1-3-19(16)24(17)6-7-24/h1,3,10-11,16-19,26H,2,4-9,12-14H2/t16-,17+,18-,19+/m0/s1. The molecular formula is C24H29ClN2O3. The lowest BCUT2D eigenvalue weighted by Crippen LogP contribution is -2.39. The molecule has 2 heterocycles. The smallest absolute Gasteiger partial charge is 0.231 e. The number of rotatable bonds is 7. The zero-order chi connectivity index (χ0) is 20.3. The fraction of sp³-hybridized carbons (Fsp3) is 0.625. The van der Waals surface area contributed by atoms with Crippen LogP contribution in [0.25, 0.3) is 0 Å². The van der Waals surface area contributed by atoms with Crippen LogP contribution in [0.5, 0.6) is 11.5 Å². The van der Waals surface area contributed by atoms with Crippen LogP contribution in [-0.4, -0.2) is 36.7 Å². The van der Waals surface area contributed by atoms with E-state index in [2.05, 4.69) is 22.4 Å². The molecule has 1 aromatic carbocycles. The van der Waals surface area contributed by atoms with Crippen LogP contribution >= 0.6 is 11.6 Å². The Kier molecular flexibility index (Phi) is 4.54. The quantitative estimate of drug-likeness (QED) is 0.523. The molecule has 30 heavy (non-hydrogen) atoms. The van der Waals surface area contributed by atoms with E-state index in [9.17, 15) is 4.79 Å². The van der Waals surface area contributed by atoms with Crippen LogP contribution in [0.2, 0.25) is 5.02 Å². The zero-order valence-electron chi connectivity index (χ0n) is 17.2. The lowest BCUT2D eigenvalue weighted by molar-refractivity contribution is -0.129. The summed E-state index contributed by atoms with van der Waals surface area (Å²) in [5.41, 5.74) is 1.62. The summed E-state index contributed by atoms with van der Waals surface area (Å²) in [6.07, 6.45) is 11.7. The first-order chi connectivity index (χ1) is 14.6. The first kappa shape index (κ1) is 19.0. The number of hydrogen-bond donors (Lipinski definition) is 1. The number of carbonyl (C=O) groups excluding carboxylic acids is 1. The highest BCUT2D eigenvalue weighted by Crippen LogP contribution is 2.70. The molecule has 2 bridgehead atoms. The number of fused-ring (bicyclic) bond motifs is 1. The SMILES string of the molecule is O=C1CC[C@@H](CCNCc2cc3c(cc2Cl)OCO3)N1C[C@@H]1C[C@H]2C=C[C@H]1C21CC1. The van der Waals surface area contributed by atoms with Crippen molar-refractivity contribution in [3.05, 3.63) is 34.9 Å². The topological polar surface area (TPSA) is 50.8 Å². The molecule has 6 heteroatoms. The van der Waals surface area contributed by atoms with Crippen molar-refractivity contribution >= 4 is 17.5 Å². The van der Waals surface area contributed by atoms with Gasteiger partial charge >= 0.3 is 0 Å². The number of halogens is 1. The third-order valence-corrected chi connectivity index (χ3v) is 8.59. The summed E-state index contributed by atoms with van der Waals surface area (Å²) in [5.74, 6) is 4.02. The first-order valence-corrected chi connectivity index (χ1v) is 11.8. The molecule has 5 nitrogen and oxygen atoms in total. The molecule has 6 rings (SSSR count). The molecule has 2 saturated carbocycles. The molecule has 1 amide bonds. The average molecular weight is 429 g/mol. The molecule has 2 aliphatic heterocycles. The first-order valence-electron chi connectivity index (χ1n) is 11.4. The molecule has 1 spiro atoms. The molecule has 1 saturated heterocycles. The molecule has 0 unspecified atom stereocenters. The number of nitrogens with zero attached hydrogens (tertiary/aromatic N) is 1. The number of nitrogens with one attached hydrogen (secondary N) is 1. The molecular weight excluding hydrogens is 400 g/mol. The molecule has 3 aliphatic carbocycles. The van der Waals surface area contributed by atoms with Gasteiger partial charge in [-0.25, -0.2) is 0 Å². The largest absolute Gasteiger partial charge is 0.454 e. The van der Waals surface area contributed by atoms with Gasteiger partial charge in [-0.1, -0.05) is 23.8 Å². The third-order valence-electron chi connectivity index (χ3n) is 8.24. The highest BCUT2D eigenvalue weighted by Gasteiger charge is 2.62. The summed E-state index contributed by atoms with van der Waals surface area (Å²) in [6.45, 7) is 2.79. The number of ether oxygens (including phenoxy) is 2. The Balaban J connectivity index is 1.03. The Morgan fingerprint density at radius 1 is 1.20 bits per heavy atom. The van der Waals surface area contributed by atoms with Gasteiger partial charge in [0.25, 0.3) is 0 Å². The lowest BCUT2D eigenvalue weighted by Gasteiger charge is -2.30. The van der Waals surface area contributed by atoms with E-state index in [0.29, 0.717) is 47.0 Å². The number of likely N-dealkylation sites (tertiary alicyclic amines) is 1. The van der Waals surface area contributed by atoms with Crippen molar-refractivity contribution in [1.82, 2.24) is 10.2 Å². The van der Waals surface area contributed by atoms with Gasteiger partial charge in [0.05, 0.1) is 0 Å². The summed E-state index contributed by atoms with van der Waals surface area (Å²) in [7, 11) is 0. The maximum Gasteiger partial charge on any atom is 0.231 e. The van der Waals surface area contributed by atoms with Crippen molar-refractivity contribution < 1.29 is 14.3 Å². The number of carbonyl (C=O) groups is 1. The Morgan fingerprint density at radius 3 is 2.83 bits per heavy atom. The predicted octanol–water partition coefficient (Wildman–Crippen LogP) is 4.14. The monoisotopic (exact) mass is 428 g/mol. The summed E-state index contributed by atoms with van der Waals surface area (Å²) in [4.78, 5) is 14.8. The summed E-state index contributed by atoms with van der Waals surface area (Å²) in [5, 5.41) is 4.21. The van der Waals surface area contributed by atoms with E-state index in [1.54, 1.807) is 0 Å². The normalized spacial score (nSPS) is 32.0. The second kappa shape index (κ2) is 7.16. The lowest BCUT2D eigenvalue weighted by atomic mass is 9.88. The molecule has 5 aliphatic rings. The van der Waals surface area contributed by atoms with Gasteiger partial charge < -0.3 is 19.7 Å². The van der Waals surface area contributed by atoms with Gasteiger partial charge in [-0.3, -0.25) is 4.79 Å². The van der Waals surface area contributed by atoms with E-state index in [-0.39, 0.29) is 6.79 Å². The molecule has 1 N–H and O–H groups in total. The highest BCUT2D eigenvalue weighted by atomic mass is 35.5. The third kappa shape index (κ3) is 3.04. The Hall–Kier alpha value is -1.72. The summed E-state index contributed by atoms with van der Waals surface area (Å²) < 4.78 is 10.8. The Morgan fingerprint density at radius 2 is 2.03 bits per heavy atom. The maximum atomic E-state index is 12.6. The fourth-order valence-corrected chi connectivity index (χ4v) is 6.74. The average Bonchev–Trinajstić information content (AvgIpc) is 2.95. The molecule has 0 aromatic heterocycles. The van der Waals surface area contributed by atoms with Crippen molar-refractivity contribution in [3.8, 4) is 11.5 Å². The minimum atomic E-state index is 0.258. The Labute approximate surface area is 182 Å². The van der Waals surface area contributed by atoms with E-state index in [4.69, 9.17) is 21.1 Å². The van der Waals surface area contributed by atoms with Crippen LogP contribution in [0.1, 0.15) is 44.1 Å². The van der Waals surface area contributed by atoms with Crippen LogP contribution in [-0.2, 0) is 11.3 Å². The van der Waals surface area contributed by atoms with Crippen molar-refractivity contribution in [3.63, 3.8) is 0 Å². The molecule has 1 aromatic rings. The zero-order valence-corrected chi connectivity index (χ0v) is 18.0. The minimum absolute atomic E-state index is 0.258. The van der Waals surface area contributed by atoms with Crippen LogP contribution in [0.4, 0.5) is 0 Å². The predicted molar refractivity (Wildman–Crippen MR) is 115 cm³/mol. The maximum absolute atomic E-state index is 12.6. The summed E-state index contributed by atoms with van der Waals surface area (Å²) >= 11 is 6.38. The summed E-state index contributed by atoms with van der Waals surface area (Å²) in [6, 6.07) is 4.16. The van der Waals surface area contributed by atoms with Gasteiger partial charge in [0, 0.05) is 36.6 Å². The Bertz CT molecular complexity index is 897. The van der Waals surface area contributed by atoms with Crippen LogP contribution in [0.3, 0.4) is 0 Å². The van der Waals surface area contributed by atoms with Crippen molar-refractivity contribution in [2.24, 2.45) is 23.2 Å². The number of amides is 1. The fourth-order valence-electron chi connectivity index (χ4n) is 6.52. The molecule has 160 valence electrons. The van der Waals surface area contributed by atoms with Crippen LogP contribution in [0.15, 0.2) is 24.3 Å². The molecule has 3 fully saturated rings. The molecule has 4 atom stereocenters. The van der Waals surface area contributed by atoms with Crippen LogP contribution in [0, 0.1) is 23.2 Å². The number of benzene rings is 1. The van der Waals surface area contributed by atoms with E-state index in [1.807, 2.05) is 12.1 Å². The van der Waals surface area contributed by atoms with Gasteiger partial charge in [0.15, 0.2) is 11.5 Å². The van der Waals surface area contributed by atoms with Crippen LogP contribution < -0.4 is 14.8 Å².